The summed E-state index contributed by atoms with van der Waals surface area (Å²) in [5.74, 6) is 0.360. The van der Waals surface area contributed by atoms with Crippen molar-refractivity contribution in [3.05, 3.63) is 54.6 Å². The zero-order chi connectivity index (χ0) is 16.1. The van der Waals surface area contributed by atoms with Gasteiger partial charge in [-0.2, -0.15) is 0 Å². The summed E-state index contributed by atoms with van der Waals surface area (Å²) >= 11 is 0. The topological polar surface area (TPSA) is 37.4 Å². The number of imide groups is 1. The number of carbonyl (C=O) groups is 2. The molecule has 0 radical (unpaired) electrons. The molecule has 4 atom stereocenters. The van der Waals surface area contributed by atoms with E-state index in [9.17, 15) is 9.59 Å². The molecule has 1 saturated heterocycles. The molecule has 1 aliphatic heterocycles. The Bertz CT molecular complexity index is 921. The van der Waals surface area contributed by atoms with E-state index in [0.29, 0.717) is 0 Å². The van der Waals surface area contributed by atoms with Crippen LogP contribution in [0, 0.1) is 29.1 Å². The molecule has 2 aromatic rings. The summed E-state index contributed by atoms with van der Waals surface area (Å²) in [6.45, 7) is 0. The highest BCUT2D eigenvalue weighted by Crippen LogP contribution is 2.73. The predicted octanol–water partition coefficient (Wildman–Crippen LogP) is 3.54. The maximum atomic E-state index is 13.1. The van der Waals surface area contributed by atoms with E-state index in [1.807, 2.05) is 42.5 Å². The van der Waals surface area contributed by atoms with Crippen molar-refractivity contribution in [1.82, 2.24) is 0 Å². The monoisotopic (exact) mass is 315 g/mol. The Morgan fingerprint density at radius 1 is 0.833 bits per heavy atom. The minimum atomic E-state index is -0.124. The third-order valence-electron chi connectivity index (χ3n) is 6.84. The van der Waals surface area contributed by atoms with Crippen molar-refractivity contribution in [2.45, 2.75) is 12.8 Å². The number of nitrogens with zero attached hydrogens (tertiary/aromatic N) is 1. The lowest BCUT2D eigenvalue weighted by atomic mass is 9.85. The van der Waals surface area contributed by atoms with Crippen molar-refractivity contribution >= 4 is 28.3 Å². The van der Waals surface area contributed by atoms with Crippen LogP contribution in [0.25, 0.3) is 10.8 Å². The summed E-state index contributed by atoms with van der Waals surface area (Å²) in [5, 5.41) is 2.19. The van der Waals surface area contributed by atoms with Crippen LogP contribution in [0.15, 0.2) is 54.6 Å². The average Bonchev–Trinajstić information content (AvgIpc) is 3.20. The van der Waals surface area contributed by atoms with Gasteiger partial charge >= 0.3 is 0 Å². The van der Waals surface area contributed by atoms with E-state index >= 15 is 0 Å². The van der Waals surface area contributed by atoms with Crippen molar-refractivity contribution in [2.75, 3.05) is 4.90 Å². The normalized spacial score (nSPS) is 34.6. The van der Waals surface area contributed by atoms with E-state index in [4.69, 9.17) is 0 Å². The van der Waals surface area contributed by atoms with Gasteiger partial charge in [0.05, 0.1) is 17.5 Å². The maximum absolute atomic E-state index is 13.1. The summed E-state index contributed by atoms with van der Waals surface area (Å²) in [5.41, 5.74) is 0.984. The molecule has 6 rings (SSSR count). The van der Waals surface area contributed by atoms with E-state index in [0.717, 1.165) is 16.5 Å². The first-order valence-electron chi connectivity index (χ1n) is 8.76. The number of amides is 2. The fourth-order valence-corrected chi connectivity index (χ4v) is 5.65. The number of allylic oxidation sites excluding steroid dienone is 2. The molecule has 0 N–H and O–H groups in total. The van der Waals surface area contributed by atoms with Gasteiger partial charge in [-0.25, -0.2) is 4.90 Å². The molecular weight excluding hydrogens is 298 g/mol. The minimum absolute atomic E-state index is 0.0170. The first kappa shape index (κ1) is 12.9. The fraction of sp³-hybridized carbons (Fsp3) is 0.333. The van der Waals surface area contributed by atoms with Crippen molar-refractivity contribution in [1.29, 1.82) is 0 Å². The van der Waals surface area contributed by atoms with Crippen molar-refractivity contribution in [3.63, 3.8) is 0 Å². The molecule has 118 valence electrons. The molecule has 2 saturated carbocycles. The number of rotatable bonds is 1. The largest absolute Gasteiger partial charge is 0.274 e. The SMILES string of the molecule is O=C1[C@@H]2[C@@H](C(=O)N1c1ccc3ccccc3c1)[C@H]1C=C[C@H]2C12CC2. The lowest BCUT2D eigenvalue weighted by molar-refractivity contribution is -0.123. The second kappa shape index (κ2) is 3.97. The van der Waals surface area contributed by atoms with Gasteiger partial charge < -0.3 is 0 Å². The van der Waals surface area contributed by atoms with Crippen LogP contribution in [0.3, 0.4) is 0 Å². The third kappa shape index (κ3) is 1.32. The Balaban J connectivity index is 1.45. The zero-order valence-corrected chi connectivity index (χ0v) is 13.2. The van der Waals surface area contributed by atoms with Crippen molar-refractivity contribution in [3.8, 4) is 0 Å². The van der Waals surface area contributed by atoms with Crippen LogP contribution in [0.5, 0.6) is 0 Å². The predicted molar refractivity (Wildman–Crippen MR) is 91.2 cm³/mol. The second-order valence-electron chi connectivity index (χ2n) is 7.76. The van der Waals surface area contributed by atoms with Gasteiger partial charge in [-0.15, -0.1) is 0 Å². The summed E-state index contributed by atoms with van der Waals surface area (Å²) in [6, 6.07) is 13.9. The van der Waals surface area contributed by atoms with Crippen LogP contribution in [-0.2, 0) is 9.59 Å². The Morgan fingerprint density at radius 3 is 2.08 bits per heavy atom. The molecule has 24 heavy (non-hydrogen) atoms. The molecule has 3 heteroatoms. The first-order chi connectivity index (χ1) is 11.7. The van der Waals surface area contributed by atoms with E-state index in [-0.39, 0.29) is 40.9 Å². The Kier molecular flexibility index (Phi) is 2.14. The van der Waals surface area contributed by atoms with Crippen LogP contribution in [0.2, 0.25) is 0 Å². The van der Waals surface area contributed by atoms with Gasteiger partial charge in [0, 0.05) is 0 Å². The summed E-state index contributed by atoms with van der Waals surface area (Å²) < 4.78 is 0. The number of fused-ring (bicyclic) bond motifs is 4. The van der Waals surface area contributed by atoms with E-state index < -0.39 is 0 Å². The fourth-order valence-electron chi connectivity index (χ4n) is 5.65. The molecule has 0 aromatic heterocycles. The molecule has 2 aromatic carbocycles. The molecule has 1 spiro atoms. The van der Waals surface area contributed by atoms with Crippen molar-refractivity contribution < 1.29 is 9.59 Å². The van der Waals surface area contributed by atoms with Gasteiger partial charge in [-0.3, -0.25) is 9.59 Å². The average molecular weight is 315 g/mol. The second-order valence-corrected chi connectivity index (χ2v) is 7.76. The lowest BCUT2D eigenvalue weighted by Crippen LogP contribution is -2.34. The summed E-state index contributed by atoms with van der Waals surface area (Å²) in [4.78, 5) is 27.7. The molecule has 3 nitrogen and oxygen atoms in total. The van der Waals surface area contributed by atoms with Crippen LogP contribution < -0.4 is 4.90 Å². The number of hydrogen-bond donors (Lipinski definition) is 0. The Morgan fingerprint density at radius 2 is 1.46 bits per heavy atom. The highest BCUT2D eigenvalue weighted by Gasteiger charge is 2.73. The number of anilines is 1. The molecule has 4 aliphatic rings. The smallest absolute Gasteiger partial charge is 0.238 e. The first-order valence-corrected chi connectivity index (χ1v) is 8.76. The van der Waals surface area contributed by atoms with E-state index in [1.54, 1.807) is 0 Å². The van der Waals surface area contributed by atoms with Crippen LogP contribution in [0.4, 0.5) is 5.69 Å². The summed E-state index contributed by atoms with van der Waals surface area (Å²) in [7, 11) is 0. The molecular formula is C21H17NO2. The maximum Gasteiger partial charge on any atom is 0.238 e. The van der Waals surface area contributed by atoms with Gasteiger partial charge in [-0.1, -0.05) is 42.5 Å². The quantitative estimate of drug-likeness (QED) is 0.596. The number of carbonyl (C=O) groups excluding carboxylic acids is 2. The van der Waals surface area contributed by atoms with E-state index in [2.05, 4.69) is 12.2 Å². The zero-order valence-electron chi connectivity index (χ0n) is 13.2. The molecule has 0 unspecified atom stereocenters. The van der Waals surface area contributed by atoms with Gasteiger partial charge in [0.2, 0.25) is 11.8 Å². The van der Waals surface area contributed by atoms with Crippen LogP contribution in [0.1, 0.15) is 12.8 Å². The van der Waals surface area contributed by atoms with Gasteiger partial charge in [0.1, 0.15) is 0 Å². The molecule has 1 heterocycles. The van der Waals surface area contributed by atoms with E-state index in [1.165, 1.54) is 17.7 Å². The van der Waals surface area contributed by atoms with Crippen molar-refractivity contribution in [2.24, 2.45) is 29.1 Å². The third-order valence-corrected chi connectivity index (χ3v) is 6.84. The van der Waals surface area contributed by atoms with Gasteiger partial charge in [0.25, 0.3) is 0 Å². The molecule has 3 fully saturated rings. The minimum Gasteiger partial charge on any atom is -0.274 e. The molecule has 3 aliphatic carbocycles. The van der Waals surface area contributed by atoms with Gasteiger partial charge in [-0.05, 0) is 53.0 Å². The lowest BCUT2D eigenvalue weighted by Gasteiger charge is -2.22. The molecule has 2 amide bonds. The van der Waals surface area contributed by atoms with Crippen LogP contribution in [-0.4, -0.2) is 11.8 Å². The number of benzene rings is 2. The van der Waals surface area contributed by atoms with Crippen LogP contribution >= 0.6 is 0 Å². The molecule has 2 bridgehead atoms. The standard InChI is InChI=1S/C21H17NO2/c23-19-17-15-7-8-16(21(15)9-10-21)18(17)20(24)22(19)14-6-5-12-3-1-2-4-13(12)11-14/h1-8,11,15-18H,9-10H2/t15-,16-,17+,18+/m1/s1. The highest BCUT2D eigenvalue weighted by atomic mass is 16.2. The summed E-state index contributed by atoms with van der Waals surface area (Å²) in [6.07, 6.45) is 6.79. The Hall–Kier alpha value is -2.42. The van der Waals surface area contributed by atoms with Gasteiger partial charge in [0.15, 0.2) is 0 Å². The number of hydrogen-bond acceptors (Lipinski definition) is 2. The highest BCUT2D eigenvalue weighted by molar-refractivity contribution is 6.23. The Labute approximate surface area is 139 Å².